The zero-order valence-electron chi connectivity index (χ0n) is 8.46. The maximum Gasteiger partial charge on any atom is 0.145 e. The Morgan fingerprint density at radius 2 is 2.44 bits per heavy atom. The molecular formula is C10H11FN4O. The Morgan fingerprint density at radius 1 is 1.62 bits per heavy atom. The number of benzene rings is 1. The van der Waals surface area contributed by atoms with Crippen molar-refractivity contribution in [2.24, 2.45) is 5.11 Å². The quantitative estimate of drug-likeness (QED) is 0.408. The Bertz CT molecular complexity index is 435. The molecule has 6 heteroatoms. The number of amidine groups is 1. The van der Waals surface area contributed by atoms with E-state index in [9.17, 15) is 4.39 Å². The van der Waals surface area contributed by atoms with Gasteiger partial charge in [-0.25, -0.2) is 9.92 Å². The maximum absolute atomic E-state index is 12.9. The number of hydrogen-bond acceptors (Lipinski definition) is 4. The molecule has 0 bridgehead atoms. The van der Waals surface area contributed by atoms with Crippen LogP contribution in [0.15, 0.2) is 23.3 Å². The lowest BCUT2D eigenvalue weighted by Crippen LogP contribution is -2.33. The minimum Gasteiger partial charge on any atom is -0.489 e. The fourth-order valence-electron chi connectivity index (χ4n) is 1.58. The van der Waals surface area contributed by atoms with Gasteiger partial charge in [0, 0.05) is 12.5 Å². The second-order valence-electron chi connectivity index (χ2n) is 3.56. The first-order chi connectivity index (χ1) is 7.69. The van der Waals surface area contributed by atoms with Crippen LogP contribution in [0.2, 0.25) is 0 Å². The molecule has 1 aromatic rings. The number of anilines is 1. The van der Waals surface area contributed by atoms with Gasteiger partial charge in [0.15, 0.2) is 0 Å². The fraction of sp³-hybridized carbons (Fsp3) is 0.300. The monoisotopic (exact) mass is 222 g/mol. The molecule has 1 aliphatic heterocycles. The van der Waals surface area contributed by atoms with Crippen molar-refractivity contribution in [1.82, 2.24) is 0 Å². The van der Waals surface area contributed by atoms with Gasteiger partial charge in [-0.05, 0) is 12.1 Å². The van der Waals surface area contributed by atoms with E-state index in [0.29, 0.717) is 24.5 Å². The topological polar surface area (TPSA) is 81.3 Å². The zero-order chi connectivity index (χ0) is 11.5. The summed E-state index contributed by atoms with van der Waals surface area (Å²) in [7, 11) is 0. The highest BCUT2D eigenvalue weighted by Gasteiger charge is 2.20. The van der Waals surface area contributed by atoms with E-state index >= 15 is 0 Å². The van der Waals surface area contributed by atoms with Crippen LogP contribution in [0, 0.1) is 16.8 Å². The largest absolute Gasteiger partial charge is 0.489 e. The van der Waals surface area contributed by atoms with Crippen LogP contribution >= 0.6 is 0 Å². The second-order valence-corrected chi connectivity index (χ2v) is 3.56. The number of nitrogens with zero attached hydrogens (tertiary/aromatic N) is 1. The van der Waals surface area contributed by atoms with Crippen LogP contribution in [0.4, 0.5) is 10.1 Å². The van der Waals surface area contributed by atoms with Crippen molar-refractivity contribution in [3.8, 4) is 5.75 Å². The van der Waals surface area contributed by atoms with E-state index < -0.39 is 0 Å². The lowest BCUT2D eigenvalue weighted by Gasteiger charge is -2.26. The molecule has 0 saturated carbocycles. The predicted octanol–water partition coefficient (Wildman–Crippen LogP) is 2.40. The standard InChI is InChI=1S/C10H11FN4O/c11-6-1-2-8-9(3-6)16-5-7(14-8)4-10(12)15-13/h1-3,7,12-14H,4-5H2/t7-/m0/s1. The van der Waals surface area contributed by atoms with E-state index in [1.165, 1.54) is 12.1 Å². The number of nitrogens with one attached hydrogen (secondary N) is 3. The number of halogens is 1. The van der Waals surface area contributed by atoms with Crippen molar-refractivity contribution >= 4 is 11.5 Å². The minimum atomic E-state index is -0.340. The highest BCUT2D eigenvalue weighted by Crippen LogP contribution is 2.30. The van der Waals surface area contributed by atoms with Crippen LogP contribution in [0.3, 0.4) is 0 Å². The highest BCUT2D eigenvalue weighted by molar-refractivity contribution is 5.80. The summed E-state index contributed by atoms with van der Waals surface area (Å²) in [5.74, 6) is 0.130. The van der Waals surface area contributed by atoms with Gasteiger partial charge in [0.25, 0.3) is 0 Å². The predicted molar refractivity (Wildman–Crippen MR) is 56.8 cm³/mol. The van der Waals surface area contributed by atoms with Gasteiger partial charge in [0.2, 0.25) is 0 Å². The minimum absolute atomic E-state index is 0.00772. The van der Waals surface area contributed by atoms with Crippen molar-refractivity contribution in [2.45, 2.75) is 12.5 Å². The molecule has 3 N–H and O–H groups in total. The highest BCUT2D eigenvalue weighted by atomic mass is 19.1. The second kappa shape index (κ2) is 4.26. The van der Waals surface area contributed by atoms with Gasteiger partial charge in [-0.15, -0.1) is 5.11 Å². The van der Waals surface area contributed by atoms with Gasteiger partial charge in [0.05, 0.1) is 11.7 Å². The van der Waals surface area contributed by atoms with Gasteiger partial charge in [-0.2, -0.15) is 0 Å². The van der Waals surface area contributed by atoms with Gasteiger partial charge < -0.3 is 10.1 Å². The van der Waals surface area contributed by atoms with Crippen molar-refractivity contribution < 1.29 is 9.13 Å². The third-order valence-electron chi connectivity index (χ3n) is 2.32. The molecule has 0 saturated heterocycles. The molecule has 5 nitrogen and oxygen atoms in total. The molecule has 1 aliphatic rings. The molecular weight excluding hydrogens is 211 g/mol. The molecule has 16 heavy (non-hydrogen) atoms. The van der Waals surface area contributed by atoms with Crippen LogP contribution in [-0.4, -0.2) is 18.5 Å². The van der Waals surface area contributed by atoms with E-state index in [-0.39, 0.29) is 17.7 Å². The lowest BCUT2D eigenvalue weighted by atomic mass is 10.1. The summed E-state index contributed by atoms with van der Waals surface area (Å²) in [6.07, 6.45) is 0.320. The molecule has 1 aromatic carbocycles. The maximum atomic E-state index is 12.9. The Morgan fingerprint density at radius 3 is 3.19 bits per heavy atom. The van der Waals surface area contributed by atoms with Crippen LogP contribution in [0.5, 0.6) is 5.75 Å². The van der Waals surface area contributed by atoms with E-state index in [2.05, 4.69) is 10.4 Å². The first-order valence-electron chi connectivity index (χ1n) is 4.83. The Hall–Kier alpha value is -1.98. The summed E-state index contributed by atoms with van der Waals surface area (Å²) >= 11 is 0. The lowest BCUT2D eigenvalue weighted by molar-refractivity contribution is 0.285. The van der Waals surface area contributed by atoms with Gasteiger partial charge >= 0.3 is 0 Å². The molecule has 1 atom stereocenters. The molecule has 0 radical (unpaired) electrons. The normalized spacial score (nSPS) is 17.9. The van der Waals surface area contributed by atoms with Crippen molar-refractivity contribution in [3.05, 3.63) is 24.0 Å². The Balaban J connectivity index is 2.09. The first-order valence-corrected chi connectivity index (χ1v) is 4.83. The number of ether oxygens (including phenoxy) is 1. The molecule has 0 spiro atoms. The summed E-state index contributed by atoms with van der Waals surface area (Å²) in [4.78, 5) is 0. The number of hydrogen-bond donors (Lipinski definition) is 3. The van der Waals surface area contributed by atoms with Crippen LogP contribution in [-0.2, 0) is 0 Å². The van der Waals surface area contributed by atoms with E-state index in [1.54, 1.807) is 6.07 Å². The van der Waals surface area contributed by atoms with Gasteiger partial charge in [-0.3, -0.25) is 5.41 Å². The Labute approximate surface area is 91.6 Å². The zero-order valence-corrected chi connectivity index (χ0v) is 8.46. The van der Waals surface area contributed by atoms with E-state index in [0.717, 1.165) is 0 Å². The van der Waals surface area contributed by atoms with Crippen LogP contribution in [0.25, 0.3) is 0 Å². The Kier molecular flexibility index (Phi) is 2.80. The molecule has 0 fully saturated rings. The van der Waals surface area contributed by atoms with Gasteiger partial charge in [0.1, 0.15) is 24.0 Å². The SMILES string of the molecule is N=NC(=N)C[C@H]1COc2cc(F)ccc2N1. The third-order valence-corrected chi connectivity index (χ3v) is 2.32. The van der Waals surface area contributed by atoms with E-state index in [1.807, 2.05) is 0 Å². The summed E-state index contributed by atoms with van der Waals surface area (Å²) in [5.41, 5.74) is 7.39. The first kappa shape index (κ1) is 10.5. The average molecular weight is 222 g/mol. The summed E-state index contributed by atoms with van der Waals surface area (Å²) in [6, 6.07) is 4.16. The molecule has 0 aliphatic carbocycles. The fourth-order valence-corrected chi connectivity index (χ4v) is 1.58. The van der Waals surface area contributed by atoms with Crippen molar-refractivity contribution in [3.63, 3.8) is 0 Å². The number of fused-ring (bicyclic) bond motifs is 1. The molecule has 84 valence electrons. The molecule has 0 unspecified atom stereocenters. The smallest absolute Gasteiger partial charge is 0.145 e. The van der Waals surface area contributed by atoms with E-state index in [4.69, 9.17) is 15.7 Å². The average Bonchev–Trinajstić information content (AvgIpc) is 2.29. The van der Waals surface area contributed by atoms with Crippen molar-refractivity contribution in [1.29, 1.82) is 10.9 Å². The third kappa shape index (κ3) is 2.16. The molecule has 2 rings (SSSR count). The molecule has 1 heterocycles. The van der Waals surface area contributed by atoms with Crippen LogP contribution < -0.4 is 10.1 Å². The summed E-state index contributed by atoms with van der Waals surface area (Å²) < 4.78 is 18.2. The molecule has 0 amide bonds. The van der Waals surface area contributed by atoms with Gasteiger partial charge in [-0.1, -0.05) is 0 Å². The number of rotatable bonds is 2. The van der Waals surface area contributed by atoms with Crippen molar-refractivity contribution in [2.75, 3.05) is 11.9 Å². The summed E-state index contributed by atoms with van der Waals surface area (Å²) in [5, 5.41) is 13.4. The molecule has 0 aromatic heterocycles. The van der Waals surface area contributed by atoms with Crippen LogP contribution in [0.1, 0.15) is 6.42 Å². The summed E-state index contributed by atoms with van der Waals surface area (Å²) in [6.45, 7) is 0.342.